The van der Waals surface area contributed by atoms with Crippen molar-refractivity contribution in [1.29, 1.82) is 0 Å². The lowest BCUT2D eigenvalue weighted by molar-refractivity contribution is -0.120. The van der Waals surface area contributed by atoms with Crippen molar-refractivity contribution >= 4 is 22.9 Å². The molecule has 0 bridgehead atoms. The summed E-state index contributed by atoms with van der Waals surface area (Å²) >= 11 is 1.66. The van der Waals surface area contributed by atoms with Gasteiger partial charge in [0.25, 0.3) is 0 Å². The van der Waals surface area contributed by atoms with Gasteiger partial charge in [0.15, 0.2) is 0 Å². The van der Waals surface area contributed by atoms with Crippen LogP contribution in [0.15, 0.2) is 35.0 Å². The molecule has 3 heterocycles. The maximum atomic E-state index is 13.3. The molecular weight excluding hydrogens is 316 g/mol. The van der Waals surface area contributed by atoms with E-state index in [1.165, 1.54) is 11.1 Å². The van der Waals surface area contributed by atoms with Gasteiger partial charge in [-0.3, -0.25) is 4.79 Å². The molecule has 4 heteroatoms. The van der Waals surface area contributed by atoms with Crippen molar-refractivity contribution in [2.45, 2.75) is 38.1 Å². The minimum Gasteiger partial charge on any atom is -0.308 e. The number of thiophene rings is 1. The van der Waals surface area contributed by atoms with E-state index in [0.717, 1.165) is 30.8 Å². The molecule has 0 aliphatic carbocycles. The molecule has 4 rings (SSSR count). The van der Waals surface area contributed by atoms with Crippen molar-refractivity contribution < 1.29 is 4.79 Å². The lowest BCUT2D eigenvalue weighted by Gasteiger charge is -2.37. The molecule has 1 fully saturated rings. The van der Waals surface area contributed by atoms with Crippen LogP contribution in [-0.2, 0) is 4.79 Å². The number of carbonyl (C=O) groups is 1. The molecule has 2 aromatic rings. The zero-order chi connectivity index (χ0) is 16.8. The standard InChI is InChI=1S/C20H24N2OS/c1-13-4-5-18-16(10-13)17-11-21(3)8-6-19(17)22(18)20(23)14(2)15-7-9-24-12-15/h4-5,7,9-10,12,14,17,19H,6,8,11H2,1-3H3/t14-,17-,19+/m0/s1. The van der Waals surface area contributed by atoms with Crippen LogP contribution in [0.3, 0.4) is 0 Å². The van der Waals surface area contributed by atoms with Crippen LogP contribution in [0.5, 0.6) is 0 Å². The van der Waals surface area contributed by atoms with E-state index in [4.69, 9.17) is 0 Å². The first-order valence-electron chi connectivity index (χ1n) is 8.70. The van der Waals surface area contributed by atoms with Gasteiger partial charge in [0.1, 0.15) is 0 Å². The van der Waals surface area contributed by atoms with Gasteiger partial charge in [-0.1, -0.05) is 17.7 Å². The Labute approximate surface area is 147 Å². The summed E-state index contributed by atoms with van der Waals surface area (Å²) in [6, 6.07) is 8.96. The number of aryl methyl sites for hydroxylation is 1. The fraction of sp³-hybridized carbons (Fsp3) is 0.450. The Balaban J connectivity index is 1.73. The zero-order valence-electron chi connectivity index (χ0n) is 14.5. The van der Waals surface area contributed by atoms with Gasteiger partial charge in [0.2, 0.25) is 5.91 Å². The number of carbonyl (C=O) groups excluding carboxylic acids is 1. The second-order valence-corrected chi connectivity index (χ2v) is 8.05. The topological polar surface area (TPSA) is 23.6 Å². The minimum atomic E-state index is -0.0798. The molecule has 0 spiro atoms. The summed E-state index contributed by atoms with van der Waals surface area (Å²) in [5.74, 6) is 0.608. The van der Waals surface area contributed by atoms with Crippen molar-refractivity contribution in [3.05, 3.63) is 51.7 Å². The van der Waals surface area contributed by atoms with Gasteiger partial charge in [-0.05, 0) is 67.9 Å². The molecule has 0 radical (unpaired) electrons. The normalized spacial score (nSPS) is 24.5. The first kappa shape index (κ1) is 15.9. The number of piperidine rings is 1. The molecule has 1 aromatic carbocycles. The van der Waals surface area contributed by atoms with Gasteiger partial charge in [0, 0.05) is 24.2 Å². The van der Waals surface area contributed by atoms with E-state index in [9.17, 15) is 4.79 Å². The lowest BCUT2D eigenvalue weighted by Crippen LogP contribution is -2.48. The van der Waals surface area contributed by atoms with Crippen LogP contribution in [0.2, 0.25) is 0 Å². The number of nitrogens with zero attached hydrogens (tertiary/aromatic N) is 2. The Morgan fingerprint density at radius 2 is 2.17 bits per heavy atom. The maximum Gasteiger partial charge on any atom is 0.234 e. The summed E-state index contributed by atoms with van der Waals surface area (Å²) in [4.78, 5) is 17.9. The molecular formula is C20H24N2OS. The van der Waals surface area contributed by atoms with Gasteiger partial charge < -0.3 is 9.80 Å². The molecule has 2 aliphatic heterocycles. The summed E-state index contributed by atoms with van der Waals surface area (Å²) in [6.07, 6.45) is 1.05. The monoisotopic (exact) mass is 340 g/mol. The Morgan fingerprint density at radius 3 is 2.92 bits per heavy atom. The van der Waals surface area contributed by atoms with Crippen LogP contribution in [-0.4, -0.2) is 37.0 Å². The molecule has 1 amide bonds. The SMILES string of the molecule is Cc1ccc2c(c1)[C@@H]1CN(C)CC[C@H]1N2C(=O)[C@@H](C)c1ccsc1. The molecule has 1 saturated heterocycles. The van der Waals surface area contributed by atoms with E-state index in [2.05, 4.69) is 58.8 Å². The van der Waals surface area contributed by atoms with Gasteiger partial charge in [-0.15, -0.1) is 0 Å². The molecule has 3 atom stereocenters. The summed E-state index contributed by atoms with van der Waals surface area (Å²) in [7, 11) is 2.18. The van der Waals surface area contributed by atoms with Crippen molar-refractivity contribution in [3.8, 4) is 0 Å². The molecule has 3 nitrogen and oxygen atoms in total. The number of anilines is 1. The highest BCUT2D eigenvalue weighted by atomic mass is 32.1. The Bertz CT molecular complexity index is 755. The first-order chi connectivity index (χ1) is 11.6. The maximum absolute atomic E-state index is 13.3. The average molecular weight is 340 g/mol. The van der Waals surface area contributed by atoms with Gasteiger partial charge in [-0.25, -0.2) is 0 Å². The first-order valence-corrected chi connectivity index (χ1v) is 9.65. The lowest BCUT2D eigenvalue weighted by atomic mass is 9.88. The van der Waals surface area contributed by atoms with Crippen LogP contribution in [0, 0.1) is 6.92 Å². The quantitative estimate of drug-likeness (QED) is 0.825. The number of likely N-dealkylation sites (tertiary alicyclic amines) is 1. The predicted octanol–water partition coefficient (Wildman–Crippen LogP) is 3.99. The molecule has 1 aromatic heterocycles. The third-order valence-electron chi connectivity index (χ3n) is 5.60. The van der Waals surface area contributed by atoms with E-state index < -0.39 is 0 Å². The summed E-state index contributed by atoms with van der Waals surface area (Å²) in [5.41, 5.74) is 4.91. The molecule has 2 aliphatic rings. The van der Waals surface area contributed by atoms with Gasteiger partial charge in [0.05, 0.1) is 5.92 Å². The number of fused-ring (bicyclic) bond motifs is 3. The summed E-state index contributed by atoms with van der Waals surface area (Å²) < 4.78 is 0. The average Bonchev–Trinajstić information content (AvgIpc) is 3.19. The number of hydrogen-bond donors (Lipinski definition) is 0. The molecule has 0 saturated carbocycles. The van der Waals surface area contributed by atoms with Crippen molar-refractivity contribution in [3.63, 3.8) is 0 Å². The van der Waals surface area contributed by atoms with Crippen LogP contribution < -0.4 is 4.90 Å². The third-order valence-corrected chi connectivity index (χ3v) is 6.31. The summed E-state index contributed by atoms with van der Waals surface area (Å²) in [5, 5.41) is 4.15. The fourth-order valence-corrected chi connectivity index (χ4v) is 5.00. The van der Waals surface area contributed by atoms with E-state index in [-0.39, 0.29) is 11.8 Å². The van der Waals surface area contributed by atoms with Crippen molar-refractivity contribution in [2.75, 3.05) is 25.0 Å². The fourth-order valence-electron chi connectivity index (χ4n) is 4.24. The Morgan fingerprint density at radius 1 is 1.33 bits per heavy atom. The van der Waals surface area contributed by atoms with Crippen LogP contribution in [0.1, 0.15) is 41.9 Å². The number of amides is 1. The highest BCUT2D eigenvalue weighted by Gasteiger charge is 2.44. The second-order valence-electron chi connectivity index (χ2n) is 7.27. The third kappa shape index (κ3) is 2.49. The van der Waals surface area contributed by atoms with E-state index >= 15 is 0 Å². The summed E-state index contributed by atoms with van der Waals surface area (Å²) in [6.45, 7) is 6.28. The van der Waals surface area contributed by atoms with E-state index in [0.29, 0.717) is 12.0 Å². The van der Waals surface area contributed by atoms with Crippen LogP contribution in [0.4, 0.5) is 5.69 Å². The minimum absolute atomic E-state index is 0.0798. The Kier molecular flexibility index (Phi) is 3.97. The molecule has 0 N–H and O–H groups in total. The highest BCUT2D eigenvalue weighted by Crippen LogP contribution is 2.46. The van der Waals surface area contributed by atoms with Gasteiger partial charge >= 0.3 is 0 Å². The second kappa shape index (κ2) is 6.01. The van der Waals surface area contributed by atoms with Crippen molar-refractivity contribution in [1.82, 2.24) is 4.90 Å². The van der Waals surface area contributed by atoms with Crippen LogP contribution >= 0.6 is 11.3 Å². The number of hydrogen-bond acceptors (Lipinski definition) is 3. The van der Waals surface area contributed by atoms with E-state index in [1.54, 1.807) is 11.3 Å². The number of rotatable bonds is 2. The molecule has 0 unspecified atom stereocenters. The number of benzene rings is 1. The Hall–Kier alpha value is -1.65. The zero-order valence-corrected chi connectivity index (χ0v) is 15.3. The van der Waals surface area contributed by atoms with Gasteiger partial charge in [-0.2, -0.15) is 11.3 Å². The molecule has 126 valence electrons. The predicted molar refractivity (Wildman–Crippen MR) is 100 cm³/mol. The largest absolute Gasteiger partial charge is 0.308 e. The number of likely N-dealkylation sites (N-methyl/N-ethyl adjacent to an activating group) is 1. The molecule has 24 heavy (non-hydrogen) atoms. The van der Waals surface area contributed by atoms with E-state index in [1.807, 2.05) is 6.92 Å². The smallest absolute Gasteiger partial charge is 0.234 e. The van der Waals surface area contributed by atoms with Crippen LogP contribution in [0.25, 0.3) is 0 Å². The van der Waals surface area contributed by atoms with Crippen molar-refractivity contribution in [2.24, 2.45) is 0 Å². The highest BCUT2D eigenvalue weighted by molar-refractivity contribution is 7.08.